The van der Waals surface area contributed by atoms with Gasteiger partial charge in [0.05, 0.1) is 20.8 Å². The first-order valence-electron chi connectivity index (χ1n) is 10.00. The molecular weight excluding hydrogens is 364 g/mol. The molecule has 2 aromatic carbocycles. The van der Waals surface area contributed by atoms with Gasteiger partial charge in [-0.25, -0.2) is 0 Å². The second-order valence-electron chi connectivity index (χ2n) is 8.15. The number of methoxy groups -OCH3 is 2. The van der Waals surface area contributed by atoms with Crippen LogP contribution in [0, 0.1) is 0 Å². The molecule has 2 aromatic rings. The normalized spacial score (nSPS) is 21.8. The predicted octanol–water partition coefficient (Wildman–Crippen LogP) is 3.90. The fraction of sp³-hybridized carbons (Fsp3) is 0.375. The smallest absolute Gasteiger partial charge is 0.241 e. The van der Waals surface area contributed by atoms with Crippen LogP contribution in [0.4, 0.5) is 5.69 Å². The van der Waals surface area contributed by atoms with Gasteiger partial charge in [0.2, 0.25) is 5.91 Å². The van der Waals surface area contributed by atoms with Crippen LogP contribution in [0.1, 0.15) is 37.5 Å². The van der Waals surface area contributed by atoms with E-state index in [-0.39, 0.29) is 11.3 Å². The predicted molar refractivity (Wildman–Crippen MR) is 116 cm³/mol. The first kappa shape index (κ1) is 19.4. The Morgan fingerprint density at radius 1 is 1.17 bits per heavy atom. The Balaban J connectivity index is 1.84. The van der Waals surface area contributed by atoms with E-state index in [2.05, 4.69) is 55.3 Å². The number of nitrogens with zero attached hydrogens (tertiary/aromatic N) is 1. The summed E-state index contributed by atoms with van der Waals surface area (Å²) in [5.74, 6) is 1.40. The van der Waals surface area contributed by atoms with Crippen molar-refractivity contribution in [2.75, 3.05) is 25.7 Å². The van der Waals surface area contributed by atoms with E-state index in [4.69, 9.17) is 9.47 Å². The van der Waals surface area contributed by atoms with Crippen LogP contribution >= 0.6 is 0 Å². The summed E-state index contributed by atoms with van der Waals surface area (Å²) in [5.41, 5.74) is 3.66. The molecule has 0 bridgehead atoms. The number of ether oxygens (including phenoxy) is 2. The lowest BCUT2D eigenvalue weighted by Gasteiger charge is -2.40. The highest BCUT2D eigenvalue weighted by molar-refractivity contribution is 5.91. The highest BCUT2D eigenvalue weighted by Gasteiger charge is 2.59. The third kappa shape index (κ3) is 2.71. The number of hydrogen-bond donors (Lipinski definition) is 1. The van der Waals surface area contributed by atoms with Gasteiger partial charge in [-0.1, -0.05) is 51.1 Å². The fourth-order valence-electron chi connectivity index (χ4n) is 4.69. The van der Waals surface area contributed by atoms with Crippen molar-refractivity contribution in [1.29, 1.82) is 0 Å². The van der Waals surface area contributed by atoms with Crippen molar-refractivity contribution >= 4 is 17.7 Å². The van der Waals surface area contributed by atoms with Gasteiger partial charge in [0.15, 0.2) is 11.5 Å². The average molecular weight is 392 g/mol. The van der Waals surface area contributed by atoms with Gasteiger partial charge < -0.3 is 19.7 Å². The van der Waals surface area contributed by atoms with Gasteiger partial charge >= 0.3 is 0 Å². The number of nitrogens with one attached hydrogen (secondary N) is 1. The molecule has 4 rings (SSSR count). The molecule has 5 nitrogen and oxygen atoms in total. The number of carbonyl (C=O) groups excluding carboxylic acids is 1. The summed E-state index contributed by atoms with van der Waals surface area (Å²) in [6.07, 6.45) is 5.11. The van der Waals surface area contributed by atoms with E-state index in [1.165, 1.54) is 11.1 Å². The maximum Gasteiger partial charge on any atom is 0.241 e. The van der Waals surface area contributed by atoms with E-state index in [9.17, 15) is 4.79 Å². The van der Waals surface area contributed by atoms with E-state index < -0.39 is 5.66 Å². The highest BCUT2D eigenvalue weighted by Crippen LogP contribution is 2.53. The van der Waals surface area contributed by atoms with Crippen molar-refractivity contribution < 1.29 is 14.3 Å². The van der Waals surface area contributed by atoms with Crippen LogP contribution in [0.2, 0.25) is 0 Å². The molecule has 1 fully saturated rings. The van der Waals surface area contributed by atoms with Gasteiger partial charge in [-0.3, -0.25) is 4.79 Å². The van der Waals surface area contributed by atoms with Crippen LogP contribution in [-0.4, -0.2) is 32.3 Å². The lowest BCUT2D eigenvalue weighted by Crippen LogP contribution is -2.58. The summed E-state index contributed by atoms with van der Waals surface area (Å²) >= 11 is 0. The molecule has 1 N–H and O–H groups in total. The Kier molecular flexibility index (Phi) is 4.56. The number of aryl methyl sites for hydroxylation is 1. The molecule has 1 amide bonds. The summed E-state index contributed by atoms with van der Waals surface area (Å²) < 4.78 is 11.0. The minimum Gasteiger partial charge on any atom is -0.493 e. The van der Waals surface area contributed by atoms with Crippen LogP contribution in [0.15, 0.2) is 42.5 Å². The average Bonchev–Trinajstić information content (AvgIpc) is 3.15. The summed E-state index contributed by atoms with van der Waals surface area (Å²) in [7, 11) is 3.27. The molecule has 0 radical (unpaired) electrons. The number of rotatable bonds is 5. The van der Waals surface area contributed by atoms with Crippen LogP contribution in [-0.2, 0) is 16.6 Å². The third-order valence-electron chi connectivity index (χ3n) is 6.38. The molecular formula is C24H28N2O3. The Labute approximate surface area is 172 Å². The molecule has 0 aromatic heterocycles. The molecule has 2 aliphatic rings. The van der Waals surface area contributed by atoms with Gasteiger partial charge in [-0.15, -0.1) is 0 Å². The first-order valence-corrected chi connectivity index (χ1v) is 10.00. The van der Waals surface area contributed by atoms with Crippen LogP contribution in [0.3, 0.4) is 0 Å². The number of hydrogen-bond acceptors (Lipinski definition) is 4. The van der Waals surface area contributed by atoms with Crippen LogP contribution in [0.5, 0.6) is 11.5 Å². The monoisotopic (exact) mass is 392 g/mol. The first-order chi connectivity index (χ1) is 13.9. The minimum atomic E-state index is -0.632. The van der Waals surface area contributed by atoms with Crippen molar-refractivity contribution in [2.45, 2.75) is 38.3 Å². The second-order valence-corrected chi connectivity index (χ2v) is 8.15. The quantitative estimate of drug-likeness (QED) is 0.838. The molecule has 0 unspecified atom stereocenters. The fourth-order valence-corrected chi connectivity index (χ4v) is 4.69. The molecule has 0 aliphatic carbocycles. The number of anilines is 1. The van der Waals surface area contributed by atoms with Crippen molar-refractivity contribution in [3.05, 3.63) is 59.2 Å². The molecule has 1 saturated heterocycles. The number of carbonyl (C=O) groups is 1. The Hall–Kier alpha value is -2.95. The third-order valence-corrected chi connectivity index (χ3v) is 6.38. The van der Waals surface area contributed by atoms with E-state index in [0.29, 0.717) is 18.0 Å². The van der Waals surface area contributed by atoms with Crippen molar-refractivity contribution in [3.63, 3.8) is 0 Å². The van der Waals surface area contributed by atoms with Crippen molar-refractivity contribution in [1.82, 2.24) is 5.32 Å². The SMILES string of the molecule is CCc1ccc2c(c1)C(C)(C)[C@]1(/C=C/c3cccc(OC)c3OC)NC(=O)CN21. The Morgan fingerprint density at radius 2 is 1.97 bits per heavy atom. The standard InChI is InChI=1S/C24H28N2O3/c1-6-16-10-11-19-18(14-16)23(2,3)24(25-21(27)15-26(19)24)13-12-17-8-7-9-20(28-4)22(17)29-5/h7-14H,6,15H2,1-5H3,(H,25,27)/b13-12+/t24-/m1/s1. The molecule has 152 valence electrons. The Bertz CT molecular complexity index is 996. The molecule has 5 heteroatoms. The van der Waals surface area contributed by atoms with E-state index >= 15 is 0 Å². The van der Waals surface area contributed by atoms with Gasteiger partial charge in [-0.05, 0) is 35.8 Å². The highest BCUT2D eigenvalue weighted by atomic mass is 16.5. The zero-order chi connectivity index (χ0) is 20.8. The number of benzene rings is 2. The summed E-state index contributed by atoms with van der Waals surface area (Å²) in [6.45, 7) is 6.91. The molecule has 0 spiro atoms. The van der Waals surface area contributed by atoms with E-state index in [0.717, 1.165) is 17.7 Å². The summed E-state index contributed by atoms with van der Waals surface area (Å²) in [4.78, 5) is 14.7. The Morgan fingerprint density at radius 3 is 2.66 bits per heavy atom. The minimum absolute atomic E-state index is 0.0329. The van der Waals surface area contributed by atoms with Crippen molar-refractivity contribution in [2.24, 2.45) is 0 Å². The van der Waals surface area contributed by atoms with E-state index in [1.807, 2.05) is 24.3 Å². The lowest BCUT2D eigenvalue weighted by molar-refractivity contribution is -0.118. The van der Waals surface area contributed by atoms with Crippen LogP contribution < -0.4 is 19.7 Å². The second kappa shape index (κ2) is 6.83. The molecule has 2 heterocycles. The summed E-state index contributed by atoms with van der Waals surface area (Å²) in [6, 6.07) is 12.4. The molecule has 29 heavy (non-hydrogen) atoms. The van der Waals surface area contributed by atoms with Crippen LogP contribution in [0.25, 0.3) is 6.08 Å². The van der Waals surface area contributed by atoms with Gasteiger partial charge in [0.25, 0.3) is 0 Å². The summed E-state index contributed by atoms with van der Waals surface area (Å²) in [5, 5.41) is 3.27. The molecule has 0 saturated carbocycles. The van der Waals surface area contributed by atoms with Crippen molar-refractivity contribution in [3.8, 4) is 11.5 Å². The maximum atomic E-state index is 12.5. The van der Waals surface area contributed by atoms with Gasteiger partial charge in [0, 0.05) is 16.7 Å². The molecule has 1 atom stereocenters. The topological polar surface area (TPSA) is 50.8 Å². The maximum absolute atomic E-state index is 12.5. The lowest BCUT2D eigenvalue weighted by atomic mass is 9.75. The van der Waals surface area contributed by atoms with Gasteiger partial charge in [0.1, 0.15) is 5.66 Å². The zero-order valence-corrected chi connectivity index (χ0v) is 17.7. The number of amides is 1. The number of fused-ring (bicyclic) bond motifs is 3. The van der Waals surface area contributed by atoms with E-state index in [1.54, 1.807) is 14.2 Å². The largest absolute Gasteiger partial charge is 0.493 e. The van der Waals surface area contributed by atoms with Gasteiger partial charge in [-0.2, -0.15) is 0 Å². The zero-order valence-electron chi connectivity index (χ0n) is 17.7. The number of para-hydroxylation sites is 1. The molecule has 2 aliphatic heterocycles.